The number of nitrogens with zero attached hydrogens (tertiary/aromatic N) is 2. The van der Waals surface area contributed by atoms with E-state index in [2.05, 4.69) is 15.2 Å². The van der Waals surface area contributed by atoms with Crippen molar-refractivity contribution in [3.05, 3.63) is 42.0 Å². The van der Waals surface area contributed by atoms with Crippen LogP contribution in [0.25, 0.3) is 0 Å². The highest BCUT2D eigenvalue weighted by Gasteiger charge is 2.16. The normalized spacial score (nSPS) is 12.3. The van der Waals surface area contributed by atoms with E-state index in [0.717, 1.165) is 11.3 Å². The van der Waals surface area contributed by atoms with Crippen LogP contribution in [0.15, 0.2) is 30.6 Å². The van der Waals surface area contributed by atoms with Crippen molar-refractivity contribution in [3.8, 4) is 5.75 Å². The van der Waals surface area contributed by atoms with Gasteiger partial charge in [-0.3, -0.25) is 5.10 Å². The smallest absolute Gasteiger partial charge is 0.145 e. The van der Waals surface area contributed by atoms with Gasteiger partial charge in [0.2, 0.25) is 0 Å². The number of hydrogen-bond acceptors (Lipinski definition) is 5. The van der Waals surface area contributed by atoms with Crippen molar-refractivity contribution >= 4 is 0 Å². The molecule has 0 aliphatic heterocycles. The lowest BCUT2D eigenvalue weighted by molar-refractivity contribution is 0.145. The van der Waals surface area contributed by atoms with Gasteiger partial charge in [0.05, 0.1) is 12.6 Å². The molecular formula is C12H16N4O2. The van der Waals surface area contributed by atoms with Gasteiger partial charge in [-0.2, -0.15) is 5.10 Å². The molecule has 0 aliphatic rings. The van der Waals surface area contributed by atoms with Gasteiger partial charge in [-0.25, -0.2) is 4.98 Å². The maximum absolute atomic E-state index is 6.12. The molecular weight excluding hydrogens is 232 g/mol. The molecule has 18 heavy (non-hydrogen) atoms. The molecule has 0 amide bonds. The van der Waals surface area contributed by atoms with Crippen LogP contribution in [-0.4, -0.2) is 35.5 Å². The number of nitrogens with one attached hydrogen (secondary N) is 1. The summed E-state index contributed by atoms with van der Waals surface area (Å²) in [5, 5.41) is 6.56. The lowest BCUT2D eigenvalue weighted by Gasteiger charge is -2.14. The highest BCUT2D eigenvalue weighted by atomic mass is 16.5. The fourth-order valence-electron chi connectivity index (χ4n) is 1.62. The van der Waals surface area contributed by atoms with Crippen LogP contribution >= 0.6 is 0 Å². The molecule has 0 saturated carbocycles. The Kier molecular flexibility index (Phi) is 4.27. The molecule has 1 atom stereocenters. The zero-order valence-electron chi connectivity index (χ0n) is 10.2. The first-order chi connectivity index (χ1) is 8.83. The SMILES string of the molecule is COCCOc1ccccc1C(N)c1ncn[nH]1. The zero-order valence-corrected chi connectivity index (χ0v) is 10.2. The van der Waals surface area contributed by atoms with Crippen LogP contribution in [0.5, 0.6) is 5.75 Å². The first-order valence-corrected chi connectivity index (χ1v) is 5.64. The van der Waals surface area contributed by atoms with Gasteiger partial charge in [0.1, 0.15) is 24.5 Å². The molecule has 0 fully saturated rings. The van der Waals surface area contributed by atoms with Crippen molar-refractivity contribution in [3.63, 3.8) is 0 Å². The van der Waals surface area contributed by atoms with Gasteiger partial charge >= 0.3 is 0 Å². The Morgan fingerprint density at radius 3 is 2.89 bits per heavy atom. The van der Waals surface area contributed by atoms with Crippen molar-refractivity contribution in [2.24, 2.45) is 5.73 Å². The molecule has 96 valence electrons. The van der Waals surface area contributed by atoms with E-state index in [4.69, 9.17) is 15.2 Å². The Labute approximate surface area is 105 Å². The van der Waals surface area contributed by atoms with Gasteiger partial charge in [-0.05, 0) is 6.07 Å². The number of methoxy groups -OCH3 is 1. The predicted molar refractivity (Wildman–Crippen MR) is 66.2 cm³/mol. The second-order valence-corrected chi connectivity index (χ2v) is 3.73. The summed E-state index contributed by atoms with van der Waals surface area (Å²) in [4.78, 5) is 4.06. The molecule has 1 aromatic carbocycles. The van der Waals surface area contributed by atoms with E-state index >= 15 is 0 Å². The lowest BCUT2D eigenvalue weighted by Crippen LogP contribution is -2.16. The Hall–Kier alpha value is -1.92. The number of aromatic nitrogens is 3. The maximum Gasteiger partial charge on any atom is 0.145 e. The number of nitrogens with two attached hydrogens (primary N) is 1. The molecule has 1 aromatic heterocycles. The van der Waals surface area contributed by atoms with Crippen LogP contribution in [0.3, 0.4) is 0 Å². The van der Waals surface area contributed by atoms with Crippen molar-refractivity contribution in [2.75, 3.05) is 20.3 Å². The number of para-hydroxylation sites is 1. The van der Waals surface area contributed by atoms with E-state index < -0.39 is 0 Å². The molecule has 1 heterocycles. The maximum atomic E-state index is 6.12. The minimum atomic E-state index is -0.383. The van der Waals surface area contributed by atoms with Gasteiger partial charge in [0.25, 0.3) is 0 Å². The minimum absolute atomic E-state index is 0.383. The number of hydrogen-bond donors (Lipinski definition) is 2. The summed E-state index contributed by atoms with van der Waals surface area (Å²) in [6.07, 6.45) is 1.43. The topological polar surface area (TPSA) is 86.1 Å². The van der Waals surface area contributed by atoms with E-state index in [-0.39, 0.29) is 6.04 Å². The molecule has 0 spiro atoms. The summed E-state index contributed by atoms with van der Waals surface area (Å²) in [6.45, 7) is 1.02. The molecule has 1 unspecified atom stereocenters. The molecule has 6 nitrogen and oxygen atoms in total. The Morgan fingerprint density at radius 1 is 1.33 bits per heavy atom. The molecule has 6 heteroatoms. The lowest BCUT2D eigenvalue weighted by atomic mass is 10.1. The van der Waals surface area contributed by atoms with Crippen LogP contribution in [0.4, 0.5) is 0 Å². The van der Waals surface area contributed by atoms with Crippen LogP contribution in [0, 0.1) is 0 Å². The number of H-pyrrole nitrogens is 1. The molecule has 2 rings (SSSR count). The van der Waals surface area contributed by atoms with Crippen molar-refractivity contribution < 1.29 is 9.47 Å². The van der Waals surface area contributed by atoms with Gasteiger partial charge in [0.15, 0.2) is 0 Å². The molecule has 0 aliphatic carbocycles. The van der Waals surface area contributed by atoms with E-state index in [0.29, 0.717) is 19.0 Å². The summed E-state index contributed by atoms with van der Waals surface area (Å²) in [5.41, 5.74) is 6.99. The van der Waals surface area contributed by atoms with Gasteiger partial charge in [0, 0.05) is 12.7 Å². The van der Waals surface area contributed by atoms with E-state index in [9.17, 15) is 0 Å². The average molecular weight is 248 g/mol. The van der Waals surface area contributed by atoms with Crippen LogP contribution in [-0.2, 0) is 4.74 Å². The third-order valence-electron chi connectivity index (χ3n) is 2.53. The first kappa shape index (κ1) is 12.5. The fourth-order valence-corrected chi connectivity index (χ4v) is 1.62. The summed E-state index contributed by atoms with van der Waals surface area (Å²) in [7, 11) is 1.63. The van der Waals surface area contributed by atoms with Gasteiger partial charge < -0.3 is 15.2 Å². The Morgan fingerprint density at radius 2 is 2.17 bits per heavy atom. The molecule has 3 N–H and O–H groups in total. The van der Waals surface area contributed by atoms with Crippen molar-refractivity contribution in [2.45, 2.75) is 6.04 Å². The minimum Gasteiger partial charge on any atom is -0.491 e. The fraction of sp³-hybridized carbons (Fsp3) is 0.333. The second-order valence-electron chi connectivity index (χ2n) is 3.73. The largest absolute Gasteiger partial charge is 0.491 e. The second kappa shape index (κ2) is 6.13. The molecule has 2 aromatic rings. The van der Waals surface area contributed by atoms with Crippen LogP contribution in [0.2, 0.25) is 0 Å². The number of aromatic amines is 1. The first-order valence-electron chi connectivity index (χ1n) is 5.64. The van der Waals surface area contributed by atoms with Crippen molar-refractivity contribution in [1.82, 2.24) is 15.2 Å². The third-order valence-corrected chi connectivity index (χ3v) is 2.53. The summed E-state index contributed by atoms with van der Waals surface area (Å²) >= 11 is 0. The number of benzene rings is 1. The Balaban J connectivity index is 2.16. The number of ether oxygens (including phenoxy) is 2. The van der Waals surface area contributed by atoms with Gasteiger partial charge in [-0.15, -0.1) is 0 Å². The average Bonchev–Trinajstić information content (AvgIpc) is 2.93. The molecule has 0 saturated heterocycles. The molecule has 0 radical (unpaired) electrons. The van der Waals surface area contributed by atoms with Crippen LogP contribution in [0.1, 0.15) is 17.4 Å². The van der Waals surface area contributed by atoms with Crippen LogP contribution < -0.4 is 10.5 Å². The van der Waals surface area contributed by atoms with E-state index in [1.807, 2.05) is 24.3 Å². The van der Waals surface area contributed by atoms with Gasteiger partial charge in [-0.1, -0.05) is 18.2 Å². The zero-order chi connectivity index (χ0) is 12.8. The van der Waals surface area contributed by atoms with Crippen molar-refractivity contribution in [1.29, 1.82) is 0 Å². The quantitative estimate of drug-likeness (QED) is 0.741. The summed E-state index contributed by atoms with van der Waals surface area (Å²) < 4.78 is 10.6. The predicted octanol–water partition coefficient (Wildman–Crippen LogP) is 0.878. The monoisotopic (exact) mass is 248 g/mol. The third kappa shape index (κ3) is 2.85. The highest BCUT2D eigenvalue weighted by Crippen LogP contribution is 2.26. The van der Waals surface area contributed by atoms with E-state index in [1.54, 1.807) is 7.11 Å². The summed E-state index contributed by atoms with van der Waals surface area (Å²) in [5.74, 6) is 1.34. The van der Waals surface area contributed by atoms with E-state index in [1.165, 1.54) is 6.33 Å². The highest BCUT2D eigenvalue weighted by molar-refractivity contribution is 5.38. The Bertz CT molecular complexity index is 473. The standard InChI is InChI=1S/C12H16N4O2/c1-17-6-7-18-10-5-3-2-4-9(10)11(13)12-14-8-15-16-12/h2-5,8,11H,6-7,13H2,1H3,(H,14,15,16). The number of rotatable bonds is 6. The molecule has 0 bridgehead atoms. The summed E-state index contributed by atoms with van der Waals surface area (Å²) in [6, 6.07) is 7.22.